The maximum absolute atomic E-state index is 9.17. The standard InChI is InChI=1S/C11H22N2O.2ClH/c14-9-10-2-1-7-13(8-10)11-3-5-12-6-4-11;;/h10-12,14H,1-9H2;2*1H. The molecule has 0 aliphatic carbocycles. The number of likely N-dealkylation sites (tertiary alicyclic amines) is 1. The molecule has 0 spiro atoms. The van der Waals surface area contributed by atoms with E-state index in [0.29, 0.717) is 12.5 Å². The third kappa shape index (κ3) is 4.38. The summed E-state index contributed by atoms with van der Waals surface area (Å²) < 4.78 is 0. The molecule has 0 aromatic heterocycles. The number of rotatable bonds is 2. The molecule has 0 bridgehead atoms. The number of nitrogens with one attached hydrogen (secondary N) is 1. The van der Waals surface area contributed by atoms with Crippen LogP contribution in [0.5, 0.6) is 0 Å². The predicted molar refractivity (Wildman–Crippen MR) is 71.8 cm³/mol. The van der Waals surface area contributed by atoms with E-state index in [0.717, 1.165) is 12.6 Å². The molecule has 2 aliphatic heterocycles. The van der Waals surface area contributed by atoms with Crippen LogP contribution >= 0.6 is 24.8 Å². The maximum Gasteiger partial charge on any atom is 0.0471 e. The van der Waals surface area contributed by atoms with E-state index in [9.17, 15) is 0 Å². The quantitative estimate of drug-likeness (QED) is 0.794. The Balaban J connectivity index is 0.00000112. The van der Waals surface area contributed by atoms with Crippen LogP contribution < -0.4 is 5.32 Å². The van der Waals surface area contributed by atoms with Crippen LogP contribution in [0.4, 0.5) is 0 Å². The Morgan fingerprint density at radius 1 is 1.12 bits per heavy atom. The zero-order valence-corrected chi connectivity index (χ0v) is 11.4. The van der Waals surface area contributed by atoms with Crippen molar-refractivity contribution in [3.63, 3.8) is 0 Å². The highest BCUT2D eigenvalue weighted by Gasteiger charge is 2.26. The summed E-state index contributed by atoms with van der Waals surface area (Å²) in [5, 5.41) is 12.6. The second-order valence-electron chi connectivity index (χ2n) is 4.67. The molecule has 2 rings (SSSR count). The summed E-state index contributed by atoms with van der Waals surface area (Å²) in [5.41, 5.74) is 0. The number of piperidine rings is 2. The van der Waals surface area contributed by atoms with Crippen LogP contribution in [0.3, 0.4) is 0 Å². The topological polar surface area (TPSA) is 35.5 Å². The van der Waals surface area contributed by atoms with Gasteiger partial charge < -0.3 is 10.4 Å². The minimum atomic E-state index is 0. The molecule has 2 aliphatic rings. The van der Waals surface area contributed by atoms with Crippen LogP contribution in [-0.2, 0) is 0 Å². The number of nitrogens with zero attached hydrogens (tertiary/aromatic N) is 1. The number of aliphatic hydroxyl groups excluding tert-OH is 1. The Morgan fingerprint density at radius 3 is 2.44 bits per heavy atom. The van der Waals surface area contributed by atoms with E-state index in [1.807, 2.05) is 0 Å². The van der Waals surface area contributed by atoms with Gasteiger partial charge in [0.15, 0.2) is 0 Å². The SMILES string of the molecule is Cl.Cl.OCC1CCCN(C2CCNCC2)C1. The summed E-state index contributed by atoms with van der Waals surface area (Å²) in [6, 6.07) is 0.783. The van der Waals surface area contributed by atoms with Crippen molar-refractivity contribution in [1.29, 1.82) is 0 Å². The smallest absolute Gasteiger partial charge is 0.0471 e. The zero-order valence-electron chi connectivity index (χ0n) is 9.73. The maximum atomic E-state index is 9.17. The minimum Gasteiger partial charge on any atom is -0.396 e. The van der Waals surface area contributed by atoms with Crippen molar-refractivity contribution in [2.75, 3.05) is 32.8 Å². The van der Waals surface area contributed by atoms with Gasteiger partial charge in [-0.2, -0.15) is 0 Å². The van der Waals surface area contributed by atoms with Crippen molar-refractivity contribution in [1.82, 2.24) is 10.2 Å². The van der Waals surface area contributed by atoms with Gasteiger partial charge in [0, 0.05) is 19.2 Å². The lowest BCUT2D eigenvalue weighted by Crippen LogP contribution is -2.47. The first-order valence-corrected chi connectivity index (χ1v) is 5.96. The fraction of sp³-hybridized carbons (Fsp3) is 1.00. The average molecular weight is 271 g/mol. The molecule has 0 radical (unpaired) electrons. The Bertz CT molecular complexity index is 177. The van der Waals surface area contributed by atoms with E-state index in [-0.39, 0.29) is 24.8 Å². The van der Waals surface area contributed by atoms with E-state index >= 15 is 0 Å². The van der Waals surface area contributed by atoms with Gasteiger partial charge in [0.1, 0.15) is 0 Å². The Hall–Kier alpha value is 0.460. The van der Waals surface area contributed by atoms with Gasteiger partial charge in [-0.1, -0.05) is 0 Å². The first-order chi connectivity index (χ1) is 6.90. The molecule has 5 heteroatoms. The molecule has 2 fully saturated rings. The first kappa shape index (κ1) is 16.5. The lowest BCUT2D eigenvalue weighted by molar-refractivity contribution is 0.0751. The molecule has 98 valence electrons. The second-order valence-corrected chi connectivity index (χ2v) is 4.67. The summed E-state index contributed by atoms with van der Waals surface area (Å²) in [5.74, 6) is 0.540. The van der Waals surface area contributed by atoms with Crippen LogP contribution in [0.1, 0.15) is 25.7 Å². The molecule has 16 heavy (non-hydrogen) atoms. The molecule has 0 saturated carbocycles. The minimum absolute atomic E-state index is 0. The van der Waals surface area contributed by atoms with Gasteiger partial charge in [0.25, 0.3) is 0 Å². The highest BCUT2D eigenvalue weighted by atomic mass is 35.5. The van der Waals surface area contributed by atoms with Gasteiger partial charge >= 0.3 is 0 Å². The fourth-order valence-corrected chi connectivity index (χ4v) is 2.75. The third-order valence-corrected chi connectivity index (χ3v) is 3.63. The third-order valence-electron chi connectivity index (χ3n) is 3.63. The van der Waals surface area contributed by atoms with E-state index < -0.39 is 0 Å². The fourth-order valence-electron chi connectivity index (χ4n) is 2.75. The highest BCUT2D eigenvalue weighted by Crippen LogP contribution is 2.21. The van der Waals surface area contributed by atoms with Crippen molar-refractivity contribution >= 4 is 24.8 Å². The van der Waals surface area contributed by atoms with Gasteiger partial charge in [-0.05, 0) is 51.2 Å². The Kier molecular flexibility index (Phi) is 8.78. The van der Waals surface area contributed by atoms with Crippen LogP contribution in [0.2, 0.25) is 0 Å². The van der Waals surface area contributed by atoms with E-state index in [1.54, 1.807) is 0 Å². The van der Waals surface area contributed by atoms with Crippen molar-refractivity contribution in [2.45, 2.75) is 31.7 Å². The molecular formula is C11H24Cl2N2O. The van der Waals surface area contributed by atoms with E-state index in [1.165, 1.54) is 45.3 Å². The second kappa shape index (κ2) is 8.54. The van der Waals surface area contributed by atoms with Gasteiger partial charge in [0.2, 0.25) is 0 Å². The summed E-state index contributed by atoms with van der Waals surface area (Å²) in [6.45, 7) is 5.10. The molecule has 3 nitrogen and oxygen atoms in total. The van der Waals surface area contributed by atoms with E-state index in [2.05, 4.69) is 10.2 Å². The molecule has 2 N–H and O–H groups in total. The average Bonchev–Trinajstić information content (AvgIpc) is 2.30. The number of halogens is 2. The lowest BCUT2D eigenvalue weighted by Gasteiger charge is -2.39. The molecule has 0 amide bonds. The molecule has 1 unspecified atom stereocenters. The molecule has 1 atom stereocenters. The molecular weight excluding hydrogens is 247 g/mol. The largest absolute Gasteiger partial charge is 0.396 e. The van der Waals surface area contributed by atoms with Crippen molar-refractivity contribution in [3.05, 3.63) is 0 Å². The number of aliphatic hydroxyl groups is 1. The first-order valence-electron chi connectivity index (χ1n) is 5.96. The summed E-state index contributed by atoms with van der Waals surface area (Å²) >= 11 is 0. The van der Waals surface area contributed by atoms with Crippen molar-refractivity contribution < 1.29 is 5.11 Å². The lowest BCUT2D eigenvalue weighted by atomic mass is 9.95. The molecule has 2 saturated heterocycles. The zero-order chi connectivity index (χ0) is 9.80. The van der Waals surface area contributed by atoms with Crippen LogP contribution in [0.15, 0.2) is 0 Å². The van der Waals surface area contributed by atoms with Crippen LogP contribution in [0.25, 0.3) is 0 Å². The highest BCUT2D eigenvalue weighted by molar-refractivity contribution is 5.85. The number of hydrogen-bond acceptors (Lipinski definition) is 3. The normalized spacial score (nSPS) is 27.9. The van der Waals surface area contributed by atoms with Crippen LogP contribution in [0, 0.1) is 5.92 Å². The predicted octanol–water partition coefficient (Wildman–Crippen LogP) is 1.29. The molecule has 2 heterocycles. The van der Waals surface area contributed by atoms with E-state index in [4.69, 9.17) is 5.11 Å². The van der Waals surface area contributed by atoms with Gasteiger partial charge in [0.05, 0.1) is 0 Å². The van der Waals surface area contributed by atoms with Crippen molar-refractivity contribution in [2.24, 2.45) is 5.92 Å². The van der Waals surface area contributed by atoms with Crippen LogP contribution in [-0.4, -0.2) is 48.8 Å². The molecule has 0 aromatic rings. The van der Waals surface area contributed by atoms with Gasteiger partial charge in [-0.25, -0.2) is 0 Å². The van der Waals surface area contributed by atoms with Gasteiger partial charge in [-0.15, -0.1) is 24.8 Å². The monoisotopic (exact) mass is 270 g/mol. The Morgan fingerprint density at radius 2 is 1.81 bits per heavy atom. The van der Waals surface area contributed by atoms with Crippen molar-refractivity contribution in [3.8, 4) is 0 Å². The van der Waals surface area contributed by atoms with Gasteiger partial charge in [-0.3, -0.25) is 4.90 Å². The summed E-state index contributed by atoms with van der Waals surface area (Å²) in [7, 11) is 0. The summed E-state index contributed by atoms with van der Waals surface area (Å²) in [4.78, 5) is 2.60. The Labute approximate surface area is 111 Å². The molecule has 0 aromatic carbocycles. The number of hydrogen-bond donors (Lipinski definition) is 2. The summed E-state index contributed by atoms with van der Waals surface area (Å²) in [6.07, 6.45) is 5.07.